The molecule has 0 spiro atoms. The molecule has 1 aromatic heterocycles. The van der Waals surface area contributed by atoms with Crippen LogP contribution in [-0.2, 0) is 4.79 Å². The largest absolute Gasteiger partial charge is 0.465 e. The number of amides is 1. The van der Waals surface area contributed by atoms with Crippen LogP contribution in [0, 0.1) is 5.92 Å². The van der Waals surface area contributed by atoms with Crippen LogP contribution in [-0.4, -0.2) is 43.4 Å². The topological polar surface area (TPSA) is 45.5 Å². The molecule has 2 heterocycles. The Balaban J connectivity index is 1.67. The molecule has 1 aliphatic heterocycles. The molecule has 1 aliphatic rings. The van der Waals surface area contributed by atoms with E-state index in [9.17, 15) is 13.6 Å². The van der Waals surface area contributed by atoms with Gasteiger partial charge in [0.1, 0.15) is 5.76 Å². The van der Waals surface area contributed by atoms with E-state index in [1.54, 1.807) is 6.26 Å². The number of carbonyl (C=O) groups is 1. The van der Waals surface area contributed by atoms with Crippen molar-refractivity contribution in [3.8, 4) is 0 Å². The van der Waals surface area contributed by atoms with Crippen molar-refractivity contribution >= 4 is 12.0 Å². The fourth-order valence-electron chi connectivity index (χ4n) is 2.73. The third-order valence-corrected chi connectivity index (χ3v) is 3.84. The highest BCUT2D eigenvalue weighted by atomic mass is 19.3. The Morgan fingerprint density at radius 2 is 2.41 bits per heavy atom. The fourth-order valence-corrected chi connectivity index (χ4v) is 2.73. The van der Waals surface area contributed by atoms with E-state index in [-0.39, 0.29) is 0 Å². The van der Waals surface area contributed by atoms with Crippen molar-refractivity contribution in [2.24, 2.45) is 5.92 Å². The summed E-state index contributed by atoms with van der Waals surface area (Å²) in [6.45, 7) is 3.15. The molecule has 1 aromatic rings. The van der Waals surface area contributed by atoms with Crippen LogP contribution in [0.4, 0.5) is 8.78 Å². The predicted octanol–water partition coefficient (Wildman–Crippen LogP) is 2.78. The summed E-state index contributed by atoms with van der Waals surface area (Å²) in [6.07, 6.45) is 5.67. The Kier molecular flexibility index (Phi) is 6.58. The molecule has 0 saturated carbocycles. The third-order valence-electron chi connectivity index (χ3n) is 3.84. The first-order valence-electron chi connectivity index (χ1n) is 7.63. The first-order valence-corrected chi connectivity index (χ1v) is 7.63. The minimum atomic E-state index is -2.92. The molecule has 22 heavy (non-hydrogen) atoms. The first-order chi connectivity index (χ1) is 10.6. The molecular weight excluding hydrogens is 290 g/mol. The molecule has 1 atom stereocenters. The second-order valence-electron chi connectivity index (χ2n) is 5.57. The lowest BCUT2D eigenvalue weighted by Crippen LogP contribution is -2.38. The van der Waals surface area contributed by atoms with Crippen LogP contribution in [0.1, 0.15) is 25.0 Å². The molecule has 1 saturated heterocycles. The number of alkyl halides is 2. The minimum Gasteiger partial charge on any atom is -0.465 e. The second kappa shape index (κ2) is 8.68. The summed E-state index contributed by atoms with van der Waals surface area (Å²) < 4.78 is 29.4. The van der Waals surface area contributed by atoms with Crippen molar-refractivity contribution in [1.29, 1.82) is 0 Å². The zero-order chi connectivity index (χ0) is 15.8. The van der Waals surface area contributed by atoms with Gasteiger partial charge in [0.25, 0.3) is 5.91 Å². The van der Waals surface area contributed by atoms with Gasteiger partial charge in [-0.25, -0.2) is 0 Å². The number of hydrogen-bond donors (Lipinski definition) is 1. The van der Waals surface area contributed by atoms with Crippen LogP contribution in [0.3, 0.4) is 0 Å². The van der Waals surface area contributed by atoms with Crippen molar-refractivity contribution in [1.82, 2.24) is 10.2 Å². The monoisotopic (exact) mass is 312 g/mol. The molecule has 0 unspecified atom stereocenters. The van der Waals surface area contributed by atoms with Gasteiger partial charge in [0.05, 0.1) is 6.26 Å². The van der Waals surface area contributed by atoms with Gasteiger partial charge in [-0.05, 0) is 49.9 Å². The van der Waals surface area contributed by atoms with Gasteiger partial charge in [-0.3, -0.25) is 9.69 Å². The van der Waals surface area contributed by atoms with Gasteiger partial charge in [-0.1, -0.05) is 6.08 Å². The van der Waals surface area contributed by atoms with E-state index in [1.807, 2.05) is 18.2 Å². The predicted molar refractivity (Wildman–Crippen MR) is 80.5 cm³/mol. The summed E-state index contributed by atoms with van der Waals surface area (Å²) in [5, 5.41) is 2.27. The molecule has 0 radical (unpaired) electrons. The second-order valence-corrected chi connectivity index (χ2v) is 5.57. The first kappa shape index (κ1) is 16.7. The molecule has 2 rings (SSSR count). The Labute approximate surface area is 129 Å². The lowest BCUT2D eigenvalue weighted by molar-refractivity contribution is -0.131. The molecular formula is C16H22F2N2O2. The lowest BCUT2D eigenvalue weighted by atomic mass is 9.95. The average molecular weight is 312 g/mol. The van der Waals surface area contributed by atoms with Gasteiger partial charge in [0.2, 0.25) is 0 Å². The molecule has 122 valence electrons. The summed E-state index contributed by atoms with van der Waals surface area (Å²) in [5.74, 6) is 0.112. The summed E-state index contributed by atoms with van der Waals surface area (Å²) in [6, 6.07) is 3.76. The minimum absolute atomic E-state index is 0.323. The van der Waals surface area contributed by atoms with Crippen LogP contribution in [0.5, 0.6) is 0 Å². The van der Waals surface area contributed by atoms with Crippen molar-refractivity contribution in [2.45, 2.75) is 25.7 Å². The van der Waals surface area contributed by atoms with Gasteiger partial charge in [0.15, 0.2) is 0 Å². The van der Waals surface area contributed by atoms with Gasteiger partial charge in [-0.2, -0.15) is 8.78 Å². The molecule has 4 nitrogen and oxygen atoms in total. The zero-order valence-corrected chi connectivity index (χ0v) is 12.5. The van der Waals surface area contributed by atoms with E-state index in [0.717, 1.165) is 44.7 Å². The number of halogens is 2. The number of carbonyl (C=O) groups excluding carboxylic acids is 1. The highest BCUT2D eigenvalue weighted by Crippen LogP contribution is 2.19. The van der Waals surface area contributed by atoms with Crippen LogP contribution in [0.25, 0.3) is 6.08 Å². The number of likely N-dealkylation sites (tertiary alicyclic amines) is 1. The van der Waals surface area contributed by atoms with E-state index in [1.165, 1.54) is 0 Å². The smallest absolute Gasteiger partial charge is 0.315 e. The van der Waals surface area contributed by atoms with E-state index < -0.39 is 12.3 Å². The van der Waals surface area contributed by atoms with E-state index in [2.05, 4.69) is 16.3 Å². The van der Waals surface area contributed by atoms with Gasteiger partial charge < -0.3 is 9.73 Å². The summed E-state index contributed by atoms with van der Waals surface area (Å²) in [7, 11) is 0. The Morgan fingerprint density at radius 1 is 1.55 bits per heavy atom. The molecule has 0 aliphatic carbocycles. The maximum absolute atomic E-state index is 12.1. The molecule has 1 N–H and O–H groups in total. The number of nitrogens with zero attached hydrogens (tertiary/aromatic N) is 1. The number of piperidine rings is 1. The Bertz CT molecular complexity index is 475. The summed E-state index contributed by atoms with van der Waals surface area (Å²) in [5.41, 5.74) is 0. The third kappa shape index (κ3) is 5.60. The highest BCUT2D eigenvalue weighted by Gasteiger charge is 2.20. The number of furan rings is 1. The van der Waals surface area contributed by atoms with Crippen LogP contribution < -0.4 is 5.32 Å². The summed E-state index contributed by atoms with van der Waals surface area (Å²) >= 11 is 0. The van der Waals surface area contributed by atoms with Gasteiger partial charge >= 0.3 is 6.43 Å². The average Bonchev–Trinajstić information content (AvgIpc) is 3.01. The SMILES string of the molecule is O=C(NCC[C@H]1CCCN(C/C=C/c2ccco2)C1)C(F)F. The van der Waals surface area contributed by atoms with Gasteiger partial charge in [-0.15, -0.1) is 0 Å². The molecule has 1 fully saturated rings. The van der Waals surface area contributed by atoms with Crippen molar-refractivity contribution in [3.05, 3.63) is 30.2 Å². The summed E-state index contributed by atoms with van der Waals surface area (Å²) in [4.78, 5) is 13.1. The highest BCUT2D eigenvalue weighted by molar-refractivity contribution is 5.78. The van der Waals surface area contributed by atoms with Crippen LogP contribution in [0.15, 0.2) is 28.9 Å². The molecule has 0 bridgehead atoms. The fraction of sp³-hybridized carbons (Fsp3) is 0.562. The quantitative estimate of drug-likeness (QED) is 0.842. The van der Waals surface area contributed by atoms with Crippen molar-refractivity contribution in [2.75, 3.05) is 26.2 Å². The maximum atomic E-state index is 12.1. The van der Waals surface area contributed by atoms with E-state index in [4.69, 9.17) is 4.42 Å². The Hall–Kier alpha value is -1.69. The van der Waals surface area contributed by atoms with Crippen LogP contribution >= 0.6 is 0 Å². The number of hydrogen-bond acceptors (Lipinski definition) is 3. The van der Waals surface area contributed by atoms with Crippen LogP contribution in [0.2, 0.25) is 0 Å². The number of nitrogens with one attached hydrogen (secondary N) is 1. The van der Waals surface area contributed by atoms with E-state index >= 15 is 0 Å². The van der Waals surface area contributed by atoms with E-state index in [0.29, 0.717) is 12.5 Å². The Morgan fingerprint density at radius 3 is 3.14 bits per heavy atom. The lowest BCUT2D eigenvalue weighted by Gasteiger charge is -2.32. The van der Waals surface area contributed by atoms with Gasteiger partial charge in [0, 0.05) is 19.6 Å². The maximum Gasteiger partial charge on any atom is 0.315 e. The normalized spacial score (nSPS) is 19.9. The molecule has 6 heteroatoms. The van der Waals surface area contributed by atoms with Crippen molar-refractivity contribution < 1.29 is 18.0 Å². The van der Waals surface area contributed by atoms with Crippen molar-refractivity contribution in [3.63, 3.8) is 0 Å². The zero-order valence-electron chi connectivity index (χ0n) is 12.5. The standard InChI is InChI=1S/C16H22F2N2O2/c17-15(18)16(21)19-8-7-13-4-1-9-20(12-13)10-2-5-14-6-3-11-22-14/h2-3,5-6,11,13,15H,1,4,7-10,12H2,(H,19,21)/b5-2+/t13-/m1/s1. The molecule has 1 amide bonds. The number of rotatable bonds is 7. The molecule has 0 aromatic carbocycles.